The Morgan fingerprint density at radius 2 is 2.13 bits per heavy atom. The lowest BCUT2D eigenvalue weighted by molar-refractivity contribution is -0.274. The van der Waals surface area contributed by atoms with E-state index in [0.717, 1.165) is 6.07 Å². The van der Waals surface area contributed by atoms with Crippen LogP contribution >= 0.6 is 11.6 Å². The van der Waals surface area contributed by atoms with Gasteiger partial charge >= 0.3 is 12.3 Å². The first-order chi connectivity index (χ1) is 6.79. The Bertz CT molecular complexity index is 394. The number of carboxylic acids is 1. The minimum atomic E-state index is -4.97. The summed E-state index contributed by atoms with van der Waals surface area (Å²) in [7, 11) is 0. The van der Waals surface area contributed by atoms with Gasteiger partial charge in [-0.3, -0.25) is 0 Å². The van der Waals surface area contributed by atoms with Gasteiger partial charge in [0.05, 0.1) is 6.20 Å². The number of nitrogens with zero attached hydrogens (tertiary/aromatic N) is 1. The van der Waals surface area contributed by atoms with Crippen molar-refractivity contribution in [3.8, 4) is 5.75 Å². The molecule has 15 heavy (non-hydrogen) atoms. The van der Waals surface area contributed by atoms with Gasteiger partial charge in [0.25, 0.3) is 0 Å². The quantitative estimate of drug-likeness (QED) is 0.808. The maximum absolute atomic E-state index is 11.8. The third-order valence-electron chi connectivity index (χ3n) is 1.29. The molecule has 1 N–H and O–H groups in total. The van der Waals surface area contributed by atoms with Crippen molar-refractivity contribution in [1.29, 1.82) is 0 Å². The van der Waals surface area contributed by atoms with Crippen molar-refractivity contribution >= 4 is 17.6 Å². The highest BCUT2D eigenvalue weighted by molar-refractivity contribution is 6.29. The summed E-state index contributed by atoms with van der Waals surface area (Å²) >= 11 is 5.32. The van der Waals surface area contributed by atoms with Crippen LogP contribution in [0.5, 0.6) is 5.75 Å². The van der Waals surface area contributed by atoms with Gasteiger partial charge in [-0.25, -0.2) is 9.78 Å². The molecule has 0 bridgehead atoms. The van der Waals surface area contributed by atoms with Gasteiger partial charge in [-0.2, -0.15) is 0 Å². The van der Waals surface area contributed by atoms with E-state index >= 15 is 0 Å². The number of carbonyl (C=O) groups is 1. The number of aromatic nitrogens is 1. The molecule has 0 spiro atoms. The molecule has 0 aliphatic carbocycles. The zero-order valence-electron chi connectivity index (χ0n) is 6.88. The molecule has 0 radical (unpaired) electrons. The van der Waals surface area contributed by atoms with E-state index in [4.69, 9.17) is 16.7 Å². The molecule has 0 amide bonds. The molecule has 0 aliphatic heterocycles. The fourth-order valence-electron chi connectivity index (χ4n) is 0.790. The van der Waals surface area contributed by atoms with Gasteiger partial charge in [0.15, 0.2) is 5.75 Å². The fourth-order valence-corrected chi connectivity index (χ4v) is 0.948. The van der Waals surface area contributed by atoms with E-state index in [2.05, 4.69) is 9.72 Å². The molecule has 1 aromatic rings. The van der Waals surface area contributed by atoms with Crippen molar-refractivity contribution < 1.29 is 27.8 Å². The summed E-state index contributed by atoms with van der Waals surface area (Å²) in [5, 5.41) is 8.32. The number of rotatable bonds is 2. The van der Waals surface area contributed by atoms with Gasteiger partial charge in [0.2, 0.25) is 0 Å². The van der Waals surface area contributed by atoms with Gasteiger partial charge in [-0.15, -0.1) is 13.2 Å². The Morgan fingerprint density at radius 1 is 1.53 bits per heavy atom. The Balaban J connectivity index is 3.12. The third-order valence-corrected chi connectivity index (χ3v) is 1.50. The lowest BCUT2D eigenvalue weighted by atomic mass is 10.2. The van der Waals surface area contributed by atoms with Crippen LogP contribution in [-0.4, -0.2) is 22.4 Å². The minimum absolute atomic E-state index is 0.234. The highest BCUT2D eigenvalue weighted by Gasteiger charge is 2.33. The normalized spacial score (nSPS) is 11.2. The largest absolute Gasteiger partial charge is 0.573 e. The third kappa shape index (κ3) is 3.28. The molecule has 1 heterocycles. The molecule has 0 saturated carbocycles. The van der Waals surface area contributed by atoms with Crippen molar-refractivity contribution in [3.63, 3.8) is 0 Å². The molecule has 4 nitrogen and oxygen atoms in total. The van der Waals surface area contributed by atoms with Gasteiger partial charge in [0.1, 0.15) is 10.7 Å². The van der Waals surface area contributed by atoms with Crippen LogP contribution in [0.3, 0.4) is 0 Å². The summed E-state index contributed by atoms with van der Waals surface area (Å²) in [4.78, 5) is 13.8. The Hall–Kier alpha value is -1.50. The van der Waals surface area contributed by atoms with Gasteiger partial charge < -0.3 is 9.84 Å². The smallest absolute Gasteiger partial charge is 0.478 e. The number of pyridine rings is 1. The predicted molar refractivity (Wildman–Crippen MR) is 42.9 cm³/mol. The first-order valence-electron chi connectivity index (χ1n) is 3.44. The molecule has 0 atom stereocenters. The molecule has 0 saturated heterocycles. The second-order valence-electron chi connectivity index (χ2n) is 2.36. The Morgan fingerprint density at radius 3 is 2.60 bits per heavy atom. The van der Waals surface area contributed by atoms with Crippen molar-refractivity contribution in [3.05, 3.63) is 23.0 Å². The Labute approximate surface area is 86.3 Å². The molecule has 0 unspecified atom stereocenters. The first kappa shape index (κ1) is 11.6. The van der Waals surface area contributed by atoms with Crippen molar-refractivity contribution in [1.82, 2.24) is 4.98 Å². The SMILES string of the molecule is O=C(O)c1cc(Cl)ncc1OC(F)(F)F. The topological polar surface area (TPSA) is 59.4 Å². The lowest BCUT2D eigenvalue weighted by Gasteiger charge is -2.10. The second kappa shape index (κ2) is 3.93. The molecule has 0 aliphatic rings. The van der Waals surface area contributed by atoms with E-state index in [0.29, 0.717) is 6.20 Å². The number of ether oxygens (including phenoxy) is 1. The maximum Gasteiger partial charge on any atom is 0.573 e. The van der Waals surface area contributed by atoms with Crippen LogP contribution in [0, 0.1) is 0 Å². The van der Waals surface area contributed by atoms with Crippen LogP contribution in [0.1, 0.15) is 10.4 Å². The molecular weight excluding hydrogens is 239 g/mol. The van der Waals surface area contributed by atoms with E-state index in [1.165, 1.54) is 0 Å². The van der Waals surface area contributed by atoms with E-state index in [-0.39, 0.29) is 5.15 Å². The standard InChI is InChI=1S/C7H3ClF3NO3/c8-5-1-3(6(13)14)4(2-12-5)15-7(9,10)11/h1-2H,(H,13,14). The van der Waals surface area contributed by atoms with Gasteiger partial charge in [-0.1, -0.05) is 11.6 Å². The average Bonchev–Trinajstić information content (AvgIpc) is 2.05. The molecule has 1 aromatic heterocycles. The molecular formula is C7H3ClF3NO3. The molecule has 1 rings (SSSR count). The van der Waals surface area contributed by atoms with Gasteiger partial charge in [0, 0.05) is 0 Å². The van der Waals surface area contributed by atoms with Crippen molar-refractivity contribution in [2.75, 3.05) is 0 Å². The van der Waals surface area contributed by atoms with Crippen LogP contribution in [0.2, 0.25) is 5.15 Å². The highest BCUT2D eigenvalue weighted by Crippen LogP contribution is 2.27. The predicted octanol–water partition coefficient (Wildman–Crippen LogP) is 2.33. The zero-order chi connectivity index (χ0) is 11.6. The number of hydrogen-bond acceptors (Lipinski definition) is 3. The zero-order valence-corrected chi connectivity index (χ0v) is 7.63. The van der Waals surface area contributed by atoms with Crippen LogP contribution in [0.4, 0.5) is 13.2 Å². The first-order valence-corrected chi connectivity index (χ1v) is 3.82. The summed E-state index contributed by atoms with van der Waals surface area (Å²) in [6.45, 7) is 0. The number of hydrogen-bond donors (Lipinski definition) is 1. The molecule has 8 heteroatoms. The Kier molecular flexibility index (Phi) is 3.04. The van der Waals surface area contributed by atoms with Crippen LogP contribution in [-0.2, 0) is 0 Å². The number of aromatic carboxylic acids is 1. The van der Waals surface area contributed by atoms with Gasteiger partial charge in [-0.05, 0) is 6.07 Å². The highest BCUT2D eigenvalue weighted by atomic mass is 35.5. The maximum atomic E-state index is 11.8. The number of halogens is 4. The van der Waals surface area contributed by atoms with E-state index in [1.54, 1.807) is 0 Å². The van der Waals surface area contributed by atoms with Crippen LogP contribution < -0.4 is 4.74 Å². The van der Waals surface area contributed by atoms with Crippen molar-refractivity contribution in [2.24, 2.45) is 0 Å². The van der Waals surface area contributed by atoms with E-state index in [1.807, 2.05) is 0 Å². The summed E-state index contributed by atoms with van der Waals surface area (Å²) in [5.41, 5.74) is -0.702. The number of alkyl halides is 3. The number of carboxylic acid groups (broad SMARTS) is 1. The van der Waals surface area contributed by atoms with Crippen LogP contribution in [0.15, 0.2) is 12.3 Å². The van der Waals surface area contributed by atoms with E-state index in [9.17, 15) is 18.0 Å². The summed E-state index contributed by atoms with van der Waals surface area (Å²) in [6, 6.07) is 0.769. The van der Waals surface area contributed by atoms with E-state index < -0.39 is 23.6 Å². The molecule has 82 valence electrons. The molecule has 0 aromatic carbocycles. The lowest BCUT2D eigenvalue weighted by Crippen LogP contribution is -2.19. The summed E-state index contributed by atoms with van der Waals surface area (Å²) < 4.78 is 38.9. The second-order valence-corrected chi connectivity index (χ2v) is 2.74. The summed E-state index contributed by atoms with van der Waals surface area (Å²) in [5.74, 6) is -2.49. The van der Waals surface area contributed by atoms with Crippen LogP contribution in [0.25, 0.3) is 0 Å². The fraction of sp³-hybridized carbons (Fsp3) is 0.143. The average molecular weight is 242 g/mol. The minimum Gasteiger partial charge on any atom is -0.478 e. The van der Waals surface area contributed by atoms with Crippen molar-refractivity contribution in [2.45, 2.75) is 6.36 Å². The molecule has 0 fully saturated rings. The monoisotopic (exact) mass is 241 g/mol. The summed E-state index contributed by atoms with van der Waals surface area (Å²) in [6.07, 6.45) is -4.38.